The fraction of sp³-hybridized carbons (Fsp3) is 0.526. The standard InChI is InChI=1S/C19H28O2/c1-7-14-21-19(20)18(6)11-9-8-10-16(4)12-13-17(5)15(2)3/h1,8-9,11,16H,10,12-14H2,2-6H3/b9-8+,18-11+. The third-order valence-corrected chi connectivity index (χ3v) is 3.50. The van der Waals surface area contributed by atoms with E-state index in [-0.39, 0.29) is 12.6 Å². The summed E-state index contributed by atoms with van der Waals surface area (Å²) in [6.07, 6.45) is 14.2. The Morgan fingerprint density at radius 3 is 2.52 bits per heavy atom. The van der Waals surface area contributed by atoms with Gasteiger partial charge in [-0.2, -0.15) is 0 Å². The number of allylic oxidation sites excluding steroid dienone is 5. The van der Waals surface area contributed by atoms with Gasteiger partial charge in [-0.05, 0) is 52.9 Å². The van der Waals surface area contributed by atoms with E-state index in [9.17, 15) is 4.79 Å². The first kappa shape index (κ1) is 19.2. The first-order chi connectivity index (χ1) is 9.88. The second kappa shape index (κ2) is 11.0. The Morgan fingerprint density at radius 1 is 1.29 bits per heavy atom. The van der Waals surface area contributed by atoms with Crippen molar-refractivity contribution in [3.8, 4) is 12.3 Å². The zero-order chi connectivity index (χ0) is 16.3. The molecule has 116 valence electrons. The molecule has 0 rings (SSSR count). The molecule has 0 aromatic rings. The van der Waals surface area contributed by atoms with Crippen LogP contribution in [0.15, 0.2) is 34.9 Å². The van der Waals surface area contributed by atoms with Crippen LogP contribution in [0.25, 0.3) is 0 Å². The quantitative estimate of drug-likeness (QED) is 0.210. The van der Waals surface area contributed by atoms with E-state index in [0.717, 1.165) is 12.8 Å². The minimum absolute atomic E-state index is 0.0223. The molecule has 1 unspecified atom stereocenters. The number of ether oxygens (including phenoxy) is 1. The van der Waals surface area contributed by atoms with Gasteiger partial charge in [-0.15, -0.1) is 6.42 Å². The Morgan fingerprint density at radius 2 is 1.95 bits per heavy atom. The van der Waals surface area contributed by atoms with E-state index in [0.29, 0.717) is 11.5 Å². The second-order valence-electron chi connectivity index (χ2n) is 5.72. The SMILES string of the molecule is C#CCOC(=O)/C(C)=C/C=C/CC(C)CCC(C)=C(C)C. The molecule has 0 N–H and O–H groups in total. The van der Waals surface area contributed by atoms with Crippen LogP contribution in [0.1, 0.15) is 53.9 Å². The van der Waals surface area contributed by atoms with Crippen LogP contribution in [0, 0.1) is 18.3 Å². The van der Waals surface area contributed by atoms with Gasteiger partial charge in [0.2, 0.25) is 0 Å². The Kier molecular flexibility index (Phi) is 10.1. The summed E-state index contributed by atoms with van der Waals surface area (Å²) in [6.45, 7) is 10.5. The van der Waals surface area contributed by atoms with Gasteiger partial charge >= 0.3 is 5.97 Å². The van der Waals surface area contributed by atoms with Gasteiger partial charge in [0.15, 0.2) is 6.61 Å². The van der Waals surface area contributed by atoms with Crippen LogP contribution in [0.3, 0.4) is 0 Å². The molecule has 21 heavy (non-hydrogen) atoms. The Balaban J connectivity index is 4.13. The van der Waals surface area contributed by atoms with Crippen molar-refractivity contribution >= 4 is 5.97 Å². The molecular weight excluding hydrogens is 260 g/mol. The third-order valence-electron chi connectivity index (χ3n) is 3.50. The van der Waals surface area contributed by atoms with Crippen LogP contribution in [-0.4, -0.2) is 12.6 Å². The van der Waals surface area contributed by atoms with E-state index in [1.807, 2.05) is 6.08 Å². The smallest absolute Gasteiger partial charge is 0.334 e. The minimum Gasteiger partial charge on any atom is -0.449 e. The minimum atomic E-state index is -0.357. The van der Waals surface area contributed by atoms with Crippen molar-refractivity contribution in [2.45, 2.75) is 53.9 Å². The Hall–Kier alpha value is -1.75. The predicted octanol–water partition coefficient (Wildman–Crippen LogP) is 4.83. The van der Waals surface area contributed by atoms with Crippen molar-refractivity contribution in [3.05, 3.63) is 34.9 Å². The molecule has 0 spiro atoms. The average molecular weight is 288 g/mol. The predicted molar refractivity (Wildman–Crippen MR) is 89.8 cm³/mol. The zero-order valence-electron chi connectivity index (χ0n) is 14.0. The Bertz CT molecular complexity index is 454. The summed E-state index contributed by atoms with van der Waals surface area (Å²) in [5.41, 5.74) is 3.47. The van der Waals surface area contributed by atoms with Gasteiger partial charge in [0, 0.05) is 5.57 Å². The van der Waals surface area contributed by atoms with Crippen molar-refractivity contribution in [2.75, 3.05) is 6.61 Å². The highest BCUT2D eigenvalue weighted by atomic mass is 16.5. The lowest BCUT2D eigenvalue weighted by atomic mass is 9.97. The molecule has 0 aliphatic heterocycles. The molecule has 0 saturated carbocycles. The molecule has 0 aromatic heterocycles. The highest BCUT2D eigenvalue weighted by molar-refractivity contribution is 5.88. The molecule has 1 atom stereocenters. The molecule has 0 aromatic carbocycles. The molecule has 2 nitrogen and oxygen atoms in total. The van der Waals surface area contributed by atoms with Crippen molar-refractivity contribution in [1.82, 2.24) is 0 Å². The highest BCUT2D eigenvalue weighted by Crippen LogP contribution is 2.17. The topological polar surface area (TPSA) is 26.3 Å². The molecular formula is C19H28O2. The summed E-state index contributed by atoms with van der Waals surface area (Å²) in [7, 11) is 0. The molecule has 0 amide bonds. The lowest BCUT2D eigenvalue weighted by molar-refractivity contribution is -0.137. The maximum Gasteiger partial charge on any atom is 0.334 e. The number of hydrogen-bond acceptors (Lipinski definition) is 2. The molecule has 0 fully saturated rings. The molecule has 0 heterocycles. The number of terminal acetylenes is 1. The second-order valence-corrected chi connectivity index (χ2v) is 5.72. The molecule has 2 heteroatoms. The highest BCUT2D eigenvalue weighted by Gasteiger charge is 2.03. The fourth-order valence-electron chi connectivity index (χ4n) is 1.64. The summed E-state index contributed by atoms with van der Waals surface area (Å²) in [4.78, 5) is 11.4. The normalized spacial score (nSPS) is 12.9. The number of esters is 1. The van der Waals surface area contributed by atoms with Gasteiger partial charge in [0.1, 0.15) is 0 Å². The van der Waals surface area contributed by atoms with E-state index in [1.165, 1.54) is 17.6 Å². The molecule has 0 aliphatic carbocycles. The number of carbonyl (C=O) groups excluding carboxylic acids is 1. The van der Waals surface area contributed by atoms with Gasteiger partial charge in [0.25, 0.3) is 0 Å². The number of rotatable bonds is 8. The molecule has 0 bridgehead atoms. The van der Waals surface area contributed by atoms with Crippen molar-refractivity contribution in [3.63, 3.8) is 0 Å². The fourth-order valence-corrected chi connectivity index (χ4v) is 1.64. The molecule has 0 radical (unpaired) electrons. The van der Waals surface area contributed by atoms with Crippen LogP contribution in [0.2, 0.25) is 0 Å². The lowest BCUT2D eigenvalue weighted by Crippen LogP contribution is -2.05. The van der Waals surface area contributed by atoms with E-state index >= 15 is 0 Å². The molecule has 0 aliphatic rings. The monoisotopic (exact) mass is 288 g/mol. The summed E-state index contributed by atoms with van der Waals surface area (Å²) in [5.74, 6) is 2.55. The average Bonchev–Trinajstić information content (AvgIpc) is 2.45. The van der Waals surface area contributed by atoms with Crippen LogP contribution in [0.5, 0.6) is 0 Å². The van der Waals surface area contributed by atoms with Crippen LogP contribution in [-0.2, 0) is 9.53 Å². The zero-order valence-corrected chi connectivity index (χ0v) is 14.0. The van der Waals surface area contributed by atoms with Crippen molar-refractivity contribution in [1.29, 1.82) is 0 Å². The number of carbonyl (C=O) groups is 1. The molecule has 0 saturated heterocycles. The van der Waals surface area contributed by atoms with E-state index in [4.69, 9.17) is 11.2 Å². The summed E-state index contributed by atoms with van der Waals surface area (Å²) < 4.78 is 4.84. The van der Waals surface area contributed by atoms with Gasteiger partial charge in [-0.25, -0.2) is 4.79 Å². The van der Waals surface area contributed by atoms with Gasteiger partial charge in [-0.1, -0.05) is 42.2 Å². The summed E-state index contributed by atoms with van der Waals surface area (Å²) in [5, 5.41) is 0. The summed E-state index contributed by atoms with van der Waals surface area (Å²) >= 11 is 0. The maximum atomic E-state index is 11.4. The van der Waals surface area contributed by atoms with Crippen molar-refractivity contribution < 1.29 is 9.53 Å². The lowest BCUT2D eigenvalue weighted by Gasteiger charge is -2.09. The first-order valence-corrected chi connectivity index (χ1v) is 7.45. The van der Waals surface area contributed by atoms with Gasteiger partial charge in [-0.3, -0.25) is 0 Å². The van der Waals surface area contributed by atoms with E-state index in [2.05, 4.69) is 39.7 Å². The van der Waals surface area contributed by atoms with Crippen molar-refractivity contribution in [2.24, 2.45) is 5.92 Å². The van der Waals surface area contributed by atoms with Gasteiger partial charge < -0.3 is 4.74 Å². The van der Waals surface area contributed by atoms with Crippen LogP contribution >= 0.6 is 0 Å². The third kappa shape index (κ3) is 9.73. The summed E-state index contributed by atoms with van der Waals surface area (Å²) in [6, 6.07) is 0. The van der Waals surface area contributed by atoms with E-state index in [1.54, 1.807) is 13.0 Å². The number of hydrogen-bond donors (Lipinski definition) is 0. The van der Waals surface area contributed by atoms with Crippen LogP contribution in [0.4, 0.5) is 0 Å². The van der Waals surface area contributed by atoms with Gasteiger partial charge in [0.05, 0.1) is 0 Å². The Labute approximate surface area is 130 Å². The maximum absolute atomic E-state index is 11.4. The largest absolute Gasteiger partial charge is 0.449 e. The first-order valence-electron chi connectivity index (χ1n) is 7.45. The van der Waals surface area contributed by atoms with Crippen LogP contribution < -0.4 is 0 Å². The van der Waals surface area contributed by atoms with E-state index < -0.39 is 0 Å².